The second-order valence-corrected chi connectivity index (χ2v) is 7.10. The number of amides is 2. The van der Waals surface area contributed by atoms with Crippen molar-refractivity contribution in [1.29, 1.82) is 5.26 Å². The van der Waals surface area contributed by atoms with Gasteiger partial charge in [0.1, 0.15) is 11.8 Å². The highest BCUT2D eigenvalue weighted by Crippen LogP contribution is 2.27. The smallest absolute Gasteiger partial charge is 0.287 e. The van der Waals surface area contributed by atoms with E-state index >= 15 is 0 Å². The Morgan fingerprint density at radius 2 is 1.86 bits per heavy atom. The number of benzene rings is 1. The Kier molecular flexibility index (Phi) is 6.49. The van der Waals surface area contributed by atoms with Gasteiger partial charge in [0.05, 0.1) is 11.6 Å². The van der Waals surface area contributed by atoms with Crippen molar-refractivity contribution in [3.05, 3.63) is 47.7 Å². The standard InChI is InChI=1S/C22H25N3O3/c1-2-24-22(27)20(17-6-4-3-5-7-17)25-21(26)19-13-12-18(28-19)16-10-8-15(14-23)9-11-16/h8-13,17,20H,2-7H2,1H3,(H,24,27)(H,25,26)/t20-/m0/s1. The number of carbonyl (C=O) groups excluding carboxylic acids is 2. The van der Waals surface area contributed by atoms with Crippen molar-refractivity contribution in [2.24, 2.45) is 5.92 Å². The minimum Gasteiger partial charge on any atom is -0.451 e. The molecule has 2 amide bonds. The minimum atomic E-state index is -0.545. The van der Waals surface area contributed by atoms with Crippen LogP contribution in [0.4, 0.5) is 0 Å². The van der Waals surface area contributed by atoms with Crippen LogP contribution in [0.15, 0.2) is 40.8 Å². The van der Waals surface area contributed by atoms with E-state index in [0.717, 1.165) is 31.2 Å². The number of carbonyl (C=O) groups is 2. The van der Waals surface area contributed by atoms with Gasteiger partial charge in [0.2, 0.25) is 5.91 Å². The highest BCUT2D eigenvalue weighted by molar-refractivity contribution is 5.96. The fourth-order valence-corrected chi connectivity index (χ4v) is 3.69. The molecule has 1 fully saturated rings. The molecule has 146 valence electrons. The maximum atomic E-state index is 12.7. The lowest BCUT2D eigenvalue weighted by atomic mass is 9.83. The zero-order valence-corrected chi connectivity index (χ0v) is 16.0. The number of hydrogen-bond acceptors (Lipinski definition) is 4. The summed E-state index contributed by atoms with van der Waals surface area (Å²) in [6.07, 6.45) is 5.23. The van der Waals surface area contributed by atoms with Gasteiger partial charge < -0.3 is 15.1 Å². The van der Waals surface area contributed by atoms with Crippen LogP contribution in [0.25, 0.3) is 11.3 Å². The Bertz CT molecular complexity index is 858. The van der Waals surface area contributed by atoms with Gasteiger partial charge in [-0.1, -0.05) is 19.3 Å². The largest absolute Gasteiger partial charge is 0.451 e. The molecule has 1 aromatic carbocycles. The molecule has 0 unspecified atom stereocenters. The van der Waals surface area contributed by atoms with Gasteiger partial charge in [-0.05, 0) is 62.1 Å². The molecule has 6 heteroatoms. The second-order valence-electron chi connectivity index (χ2n) is 7.10. The van der Waals surface area contributed by atoms with E-state index in [2.05, 4.69) is 16.7 Å². The molecule has 0 spiro atoms. The van der Waals surface area contributed by atoms with Crippen molar-refractivity contribution >= 4 is 11.8 Å². The van der Waals surface area contributed by atoms with Gasteiger partial charge in [0.15, 0.2) is 5.76 Å². The van der Waals surface area contributed by atoms with Crippen LogP contribution in [0.2, 0.25) is 0 Å². The van der Waals surface area contributed by atoms with E-state index in [9.17, 15) is 9.59 Å². The van der Waals surface area contributed by atoms with Crippen LogP contribution in [0, 0.1) is 17.2 Å². The van der Waals surface area contributed by atoms with Crippen molar-refractivity contribution in [3.63, 3.8) is 0 Å². The lowest BCUT2D eigenvalue weighted by Crippen LogP contribution is -2.51. The minimum absolute atomic E-state index is 0.137. The average Bonchev–Trinajstić information content (AvgIpc) is 3.23. The number of hydrogen-bond donors (Lipinski definition) is 2. The van der Waals surface area contributed by atoms with Gasteiger partial charge in [0.25, 0.3) is 5.91 Å². The SMILES string of the molecule is CCNC(=O)[C@@H](NC(=O)c1ccc(-c2ccc(C#N)cc2)o1)C1CCCCC1. The first-order chi connectivity index (χ1) is 13.6. The highest BCUT2D eigenvalue weighted by atomic mass is 16.3. The molecule has 0 bridgehead atoms. The van der Waals surface area contributed by atoms with Gasteiger partial charge in [-0.2, -0.15) is 5.26 Å². The summed E-state index contributed by atoms with van der Waals surface area (Å²) >= 11 is 0. The molecule has 6 nitrogen and oxygen atoms in total. The molecule has 1 aliphatic rings. The molecule has 1 atom stereocenters. The summed E-state index contributed by atoms with van der Waals surface area (Å²) in [6.45, 7) is 2.40. The van der Waals surface area contributed by atoms with Crippen LogP contribution < -0.4 is 10.6 Å². The molecule has 28 heavy (non-hydrogen) atoms. The molecular formula is C22H25N3O3. The van der Waals surface area contributed by atoms with E-state index in [4.69, 9.17) is 9.68 Å². The highest BCUT2D eigenvalue weighted by Gasteiger charge is 2.31. The summed E-state index contributed by atoms with van der Waals surface area (Å²) in [6, 6.07) is 11.8. The molecular weight excluding hydrogens is 354 g/mol. The maximum absolute atomic E-state index is 12.7. The first-order valence-electron chi connectivity index (χ1n) is 9.81. The van der Waals surface area contributed by atoms with Crippen LogP contribution in [-0.2, 0) is 4.79 Å². The molecule has 1 heterocycles. The number of nitrogens with zero attached hydrogens (tertiary/aromatic N) is 1. The molecule has 0 saturated heterocycles. The van der Waals surface area contributed by atoms with Crippen molar-refractivity contribution in [2.45, 2.75) is 45.1 Å². The van der Waals surface area contributed by atoms with Gasteiger partial charge >= 0.3 is 0 Å². The summed E-state index contributed by atoms with van der Waals surface area (Å²) in [4.78, 5) is 25.2. The molecule has 2 aromatic rings. The van der Waals surface area contributed by atoms with Gasteiger partial charge in [-0.25, -0.2) is 0 Å². The maximum Gasteiger partial charge on any atom is 0.287 e. The molecule has 1 aliphatic carbocycles. The van der Waals surface area contributed by atoms with Crippen LogP contribution in [-0.4, -0.2) is 24.4 Å². The molecule has 0 aliphatic heterocycles. The van der Waals surface area contributed by atoms with Crippen molar-refractivity contribution in [2.75, 3.05) is 6.54 Å². The van der Waals surface area contributed by atoms with Crippen molar-refractivity contribution in [3.8, 4) is 17.4 Å². The number of nitrogens with one attached hydrogen (secondary N) is 2. The summed E-state index contributed by atoms with van der Waals surface area (Å²) in [7, 11) is 0. The predicted octanol–water partition coefficient (Wildman–Crippen LogP) is 3.63. The third-order valence-electron chi connectivity index (χ3n) is 5.17. The van der Waals surface area contributed by atoms with Gasteiger partial charge in [0, 0.05) is 12.1 Å². The van der Waals surface area contributed by atoms with E-state index in [1.165, 1.54) is 6.42 Å². The molecule has 0 radical (unpaired) electrons. The van der Waals surface area contributed by atoms with E-state index in [-0.39, 0.29) is 23.5 Å². The van der Waals surface area contributed by atoms with E-state index in [1.54, 1.807) is 36.4 Å². The first-order valence-corrected chi connectivity index (χ1v) is 9.81. The Hall–Kier alpha value is -3.07. The number of likely N-dealkylation sites (N-methyl/N-ethyl adjacent to an activating group) is 1. The Morgan fingerprint density at radius 1 is 1.14 bits per heavy atom. The zero-order chi connectivity index (χ0) is 19.9. The molecule has 3 rings (SSSR count). The quantitative estimate of drug-likeness (QED) is 0.801. The van der Waals surface area contributed by atoms with Gasteiger partial charge in [-0.3, -0.25) is 9.59 Å². The normalized spacial score (nSPS) is 15.4. The lowest BCUT2D eigenvalue weighted by molar-refractivity contribution is -0.124. The summed E-state index contributed by atoms with van der Waals surface area (Å²) in [5, 5.41) is 14.6. The molecule has 1 saturated carbocycles. The average molecular weight is 379 g/mol. The monoisotopic (exact) mass is 379 g/mol. The Balaban J connectivity index is 1.73. The molecule has 1 aromatic heterocycles. The molecule has 2 N–H and O–H groups in total. The lowest BCUT2D eigenvalue weighted by Gasteiger charge is -2.29. The first kappa shape index (κ1) is 19.7. The fourth-order valence-electron chi connectivity index (χ4n) is 3.69. The Labute approximate surface area is 164 Å². The predicted molar refractivity (Wildman–Crippen MR) is 105 cm³/mol. The van der Waals surface area contributed by atoms with Crippen LogP contribution in [0.1, 0.15) is 55.1 Å². The van der Waals surface area contributed by atoms with E-state index in [1.807, 2.05) is 6.92 Å². The fraction of sp³-hybridized carbons (Fsp3) is 0.409. The van der Waals surface area contributed by atoms with E-state index in [0.29, 0.717) is 17.9 Å². The summed E-state index contributed by atoms with van der Waals surface area (Å²) < 4.78 is 5.71. The third-order valence-corrected chi connectivity index (χ3v) is 5.17. The zero-order valence-electron chi connectivity index (χ0n) is 16.0. The van der Waals surface area contributed by atoms with Crippen LogP contribution in [0.3, 0.4) is 0 Å². The van der Waals surface area contributed by atoms with Crippen LogP contribution >= 0.6 is 0 Å². The van der Waals surface area contributed by atoms with Crippen molar-refractivity contribution in [1.82, 2.24) is 10.6 Å². The topological polar surface area (TPSA) is 95.1 Å². The summed E-state index contributed by atoms with van der Waals surface area (Å²) in [5.41, 5.74) is 1.34. The van der Waals surface area contributed by atoms with Crippen molar-refractivity contribution < 1.29 is 14.0 Å². The summed E-state index contributed by atoms with van der Waals surface area (Å²) in [5.74, 6) is 0.340. The number of nitriles is 1. The number of rotatable bonds is 6. The third kappa shape index (κ3) is 4.61. The second kappa shape index (κ2) is 9.23. The van der Waals surface area contributed by atoms with Crippen LogP contribution in [0.5, 0.6) is 0 Å². The van der Waals surface area contributed by atoms with Gasteiger partial charge in [-0.15, -0.1) is 0 Å². The number of furan rings is 1. The van der Waals surface area contributed by atoms with E-state index < -0.39 is 6.04 Å². The Morgan fingerprint density at radius 3 is 2.50 bits per heavy atom.